The number of rotatable bonds is 10. The van der Waals surface area contributed by atoms with E-state index in [1.54, 1.807) is 43.3 Å². The molecule has 2 aliphatic rings. The van der Waals surface area contributed by atoms with Gasteiger partial charge in [-0.25, -0.2) is 16.8 Å². The molecule has 41 heavy (non-hydrogen) atoms. The van der Waals surface area contributed by atoms with Gasteiger partial charge in [-0.2, -0.15) is 4.31 Å². The molecule has 3 aromatic carbocycles. The second-order valence-electron chi connectivity index (χ2n) is 10.4. The molecule has 2 aliphatic heterocycles. The molecule has 1 fully saturated rings. The summed E-state index contributed by atoms with van der Waals surface area (Å²) >= 11 is 0. The fourth-order valence-corrected chi connectivity index (χ4v) is 8.41. The second kappa shape index (κ2) is 12.2. The van der Waals surface area contributed by atoms with Crippen molar-refractivity contribution < 1.29 is 26.4 Å². The third kappa shape index (κ3) is 6.42. The van der Waals surface area contributed by atoms with Gasteiger partial charge in [0.2, 0.25) is 10.0 Å². The number of fused-ring (bicyclic) bond motifs is 1. The van der Waals surface area contributed by atoms with Crippen LogP contribution >= 0.6 is 0 Å². The summed E-state index contributed by atoms with van der Waals surface area (Å²) in [6.07, 6.45) is 3.94. The minimum Gasteiger partial charge on any atom is -0.484 e. The van der Waals surface area contributed by atoms with Gasteiger partial charge >= 0.3 is 0 Å². The lowest BCUT2D eigenvalue weighted by Crippen LogP contribution is -2.35. The van der Waals surface area contributed by atoms with Crippen molar-refractivity contribution >= 4 is 31.6 Å². The van der Waals surface area contributed by atoms with Crippen molar-refractivity contribution in [3.63, 3.8) is 0 Å². The molecular weight excluding hydrogens is 562 g/mol. The summed E-state index contributed by atoms with van der Waals surface area (Å²) in [4.78, 5) is 12.8. The van der Waals surface area contributed by atoms with Gasteiger partial charge in [0.25, 0.3) is 15.9 Å². The molecule has 218 valence electrons. The number of nitrogens with zero attached hydrogens (tertiary/aromatic N) is 2. The molecule has 0 aromatic heterocycles. The molecule has 0 radical (unpaired) electrons. The van der Waals surface area contributed by atoms with Crippen LogP contribution in [0.4, 0.5) is 5.69 Å². The van der Waals surface area contributed by atoms with Gasteiger partial charge in [0.1, 0.15) is 5.75 Å². The van der Waals surface area contributed by atoms with E-state index in [4.69, 9.17) is 4.74 Å². The van der Waals surface area contributed by atoms with E-state index in [0.29, 0.717) is 43.9 Å². The van der Waals surface area contributed by atoms with E-state index in [0.717, 1.165) is 42.5 Å². The molecule has 1 N–H and O–H groups in total. The van der Waals surface area contributed by atoms with Crippen molar-refractivity contribution in [2.45, 2.75) is 48.8 Å². The van der Waals surface area contributed by atoms with Crippen molar-refractivity contribution in [1.29, 1.82) is 0 Å². The molecule has 0 bridgehead atoms. The lowest BCUT2D eigenvalue weighted by molar-refractivity contribution is -0.123. The zero-order chi connectivity index (χ0) is 29.0. The van der Waals surface area contributed by atoms with Gasteiger partial charge in [-0.3, -0.25) is 9.10 Å². The van der Waals surface area contributed by atoms with Gasteiger partial charge in [-0.1, -0.05) is 30.3 Å². The average molecular weight is 598 g/mol. The molecule has 3 aromatic rings. The maximum Gasteiger partial charge on any atom is 0.264 e. The summed E-state index contributed by atoms with van der Waals surface area (Å²) in [6.45, 7) is 3.47. The maximum atomic E-state index is 13.4. The Kier molecular flexibility index (Phi) is 8.67. The van der Waals surface area contributed by atoms with Gasteiger partial charge in [0, 0.05) is 26.2 Å². The summed E-state index contributed by atoms with van der Waals surface area (Å²) in [5.74, 6) is 0.132. The zero-order valence-electron chi connectivity index (χ0n) is 23.1. The number of amides is 1. The Hall–Kier alpha value is -3.41. The summed E-state index contributed by atoms with van der Waals surface area (Å²) in [5, 5.41) is 2.81. The number of nitrogens with one attached hydrogen (secondary N) is 1. The first-order valence-corrected chi connectivity index (χ1v) is 16.7. The fraction of sp³-hybridized carbons (Fsp3) is 0.367. The van der Waals surface area contributed by atoms with Crippen molar-refractivity contribution in [3.8, 4) is 5.75 Å². The highest BCUT2D eigenvalue weighted by Gasteiger charge is 2.29. The standard InChI is InChI=1S/C30H35N3O6S2/c1-23-21-27(41(37,38)33-20-6-8-25-7-2-3-9-28(25)33)14-15-29(23)39-22-30(34)31-17-16-24-10-12-26(13-11-24)40(35,36)32-18-4-5-19-32/h2-3,7,9-15,21H,4-6,8,16-20,22H2,1H3,(H,31,34). The van der Waals surface area contributed by atoms with E-state index >= 15 is 0 Å². The number of hydrogen-bond acceptors (Lipinski definition) is 6. The number of sulfonamides is 2. The van der Waals surface area contributed by atoms with Crippen LogP contribution in [0.3, 0.4) is 0 Å². The van der Waals surface area contributed by atoms with E-state index in [2.05, 4.69) is 5.32 Å². The van der Waals surface area contributed by atoms with Gasteiger partial charge < -0.3 is 10.1 Å². The number of benzene rings is 3. The van der Waals surface area contributed by atoms with E-state index in [9.17, 15) is 21.6 Å². The highest BCUT2D eigenvalue weighted by molar-refractivity contribution is 7.92. The molecule has 1 amide bonds. The van der Waals surface area contributed by atoms with E-state index in [1.807, 2.05) is 24.3 Å². The summed E-state index contributed by atoms with van der Waals surface area (Å²) in [7, 11) is -7.18. The topological polar surface area (TPSA) is 113 Å². The number of anilines is 1. The summed E-state index contributed by atoms with van der Waals surface area (Å²) in [5.41, 5.74) is 3.27. The molecule has 2 heterocycles. The number of ether oxygens (including phenoxy) is 1. The van der Waals surface area contributed by atoms with Gasteiger partial charge in [-0.05, 0) is 92.1 Å². The predicted molar refractivity (Wildman–Crippen MR) is 157 cm³/mol. The van der Waals surface area contributed by atoms with E-state index in [-0.39, 0.29) is 22.3 Å². The van der Waals surface area contributed by atoms with Crippen molar-refractivity contribution in [3.05, 3.63) is 83.4 Å². The van der Waals surface area contributed by atoms with Crippen molar-refractivity contribution in [2.24, 2.45) is 0 Å². The van der Waals surface area contributed by atoms with Crippen LogP contribution in [0, 0.1) is 6.92 Å². The quantitative estimate of drug-likeness (QED) is 0.382. The first-order chi connectivity index (χ1) is 19.7. The minimum absolute atomic E-state index is 0.183. The molecule has 5 rings (SSSR count). The predicted octanol–water partition coefficient (Wildman–Crippen LogP) is 3.66. The van der Waals surface area contributed by atoms with Crippen molar-refractivity contribution in [2.75, 3.05) is 37.1 Å². The van der Waals surface area contributed by atoms with Crippen LogP contribution in [-0.4, -0.2) is 59.8 Å². The van der Waals surface area contributed by atoms with Crippen LogP contribution in [-0.2, 0) is 37.7 Å². The van der Waals surface area contributed by atoms with E-state index in [1.165, 1.54) is 14.7 Å². The molecule has 1 saturated heterocycles. The van der Waals surface area contributed by atoms with Crippen LogP contribution in [0.25, 0.3) is 0 Å². The number of hydrogen-bond donors (Lipinski definition) is 1. The Balaban J connectivity index is 1.12. The van der Waals surface area contributed by atoms with Crippen LogP contribution in [0.2, 0.25) is 0 Å². The largest absolute Gasteiger partial charge is 0.484 e. The van der Waals surface area contributed by atoms with Gasteiger partial charge in [-0.15, -0.1) is 0 Å². The van der Waals surface area contributed by atoms with E-state index < -0.39 is 20.0 Å². The molecule has 11 heteroatoms. The Morgan fingerprint density at radius 3 is 2.29 bits per heavy atom. The number of carbonyl (C=O) groups excluding carboxylic acids is 1. The smallest absolute Gasteiger partial charge is 0.264 e. The SMILES string of the molecule is Cc1cc(S(=O)(=O)N2CCCc3ccccc32)ccc1OCC(=O)NCCc1ccc(S(=O)(=O)N2CCCC2)cc1. The van der Waals surface area contributed by atoms with Crippen LogP contribution in [0.15, 0.2) is 76.5 Å². The molecule has 0 aliphatic carbocycles. The minimum atomic E-state index is -3.74. The zero-order valence-corrected chi connectivity index (χ0v) is 24.7. The van der Waals surface area contributed by atoms with Gasteiger partial charge in [0.15, 0.2) is 6.61 Å². The number of carbonyl (C=O) groups is 1. The lowest BCUT2D eigenvalue weighted by Gasteiger charge is -2.30. The Bertz CT molecular complexity index is 1620. The van der Waals surface area contributed by atoms with Crippen LogP contribution in [0.5, 0.6) is 5.75 Å². The molecule has 0 unspecified atom stereocenters. The lowest BCUT2D eigenvalue weighted by atomic mass is 10.0. The Morgan fingerprint density at radius 1 is 0.854 bits per heavy atom. The molecule has 0 atom stereocenters. The molecule has 0 spiro atoms. The highest BCUT2D eigenvalue weighted by Crippen LogP contribution is 2.33. The molecule has 0 saturated carbocycles. The third-order valence-corrected chi connectivity index (χ3v) is 11.2. The second-order valence-corrected chi connectivity index (χ2v) is 14.2. The Labute approximate surface area is 242 Å². The monoisotopic (exact) mass is 597 g/mol. The fourth-order valence-electron chi connectivity index (χ4n) is 5.27. The first-order valence-electron chi connectivity index (χ1n) is 13.9. The molecule has 9 nitrogen and oxygen atoms in total. The normalized spacial score (nSPS) is 15.9. The summed E-state index contributed by atoms with van der Waals surface area (Å²) < 4.78 is 60.9. The average Bonchev–Trinajstić information content (AvgIpc) is 3.53. The molecular formula is C30H35N3O6S2. The van der Waals surface area contributed by atoms with Crippen LogP contribution in [0.1, 0.15) is 36.0 Å². The third-order valence-electron chi connectivity index (χ3n) is 7.52. The first kappa shape index (κ1) is 29.1. The highest BCUT2D eigenvalue weighted by atomic mass is 32.2. The van der Waals surface area contributed by atoms with Crippen LogP contribution < -0.4 is 14.4 Å². The van der Waals surface area contributed by atoms with Crippen molar-refractivity contribution in [1.82, 2.24) is 9.62 Å². The maximum absolute atomic E-state index is 13.4. The summed E-state index contributed by atoms with van der Waals surface area (Å²) in [6, 6.07) is 19.0. The number of para-hydroxylation sites is 1. The van der Waals surface area contributed by atoms with Gasteiger partial charge in [0.05, 0.1) is 15.5 Å². The Morgan fingerprint density at radius 2 is 1.56 bits per heavy atom. The number of aryl methyl sites for hydroxylation is 2.